The second-order valence-electron chi connectivity index (χ2n) is 5.26. The number of fused-ring (bicyclic) bond motifs is 1. The number of carbonyl (C=O) groups excluding carboxylic acids is 1. The predicted octanol–water partition coefficient (Wildman–Crippen LogP) is 3.44. The number of aromatic nitrogens is 3. The molecule has 2 heterocycles. The molecular weight excluding hydrogens is 290 g/mol. The summed E-state index contributed by atoms with van der Waals surface area (Å²) in [4.78, 5) is 20.0. The molecule has 5 nitrogen and oxygen atoms in total. The van der Waals surface area contributed by atoms with E-state index in [2.05, 4.69) is 21.5 Å². The molecule has 0 saturated carbocycles. The number of hydrogen-bond acceptors (Lipinski definition) is 4. The van der Waals surface area contributed by atoms with Gasteiger partial charge in [-0.1, -0.05) is 26.0 Å². The van der Waals surface area contributed by atoms with Crippen LogP contribution in [0, 0.1) is 0 Å². The van der Waals surface area contributed by atoms with E-state index < -0.39 is 0 Å². The highest BCUT2D eigenvalue weighted by Gasteiger charge is 2.11. The van der Waals surface area contributed by atoms with E-state index >= 15 is 0 Å². The van der Waals surface area contributed by atoms with E-state index in [-0.39, 0.29) is 5.97 Å². The summed E-state index contributed by atoms with van der Waals surface area (Å²) < 4.78 is 7.29. The van der Waals surface area contributed by atoms with Crippen molar-refractivity contribution in [1.82, 2.24) is 14.5 Å². The molecule has 0 aliphatic heterocycles. The maximum Gasteiger partial charge on any atom is 0.305 e. The van der Waals surface area contributed by atoms with Gasteiger partial charge in [0.2, 0.25) is 0 Å². The van der Waals surface area contributed by atoms with Crippen LogP contribution in [0.1, 0.15) is 31.7 Å². The van der Waals surface area contributed by atoms with Crippen molar-refractivity contribution in [1.29, 1.82) is 0 Å². The fourth-order valence-electron chi connectivity index (χ4n) is 2.51. The number of esters is 1. The average Bonchev–Trinajstić information content (AvgIpc) is 2.98. The number of rotatable bonds is 5. The van der Waals surface area contributed by atoms with E-state index in [9.17, 15) is 4.79 Å². The SMILES string of the molecule is CCC(=O)OCc1ccc(-n2c(CC)nc3cnccc32)cc1. The molecular formula is C18H19N3O2. The Labute approximate surface area is 134 Å². The largest absolute Gasteiger partial charge is 0.461 e. The van der Waals surface area contributed by atoms with Gasteiger partial charge >= 0.3 is 5.97 Å². The van der Waals surface area contributed by atoms with Crippen LogP contribution in [0.15, 0.2) is 42.7 Å². The van der Waals surface area contributed by atoms with Crippen LogP contribution >= 0.6 is 0 Å². The number of benzene rings is 1. The van der Waals surface area contributed by atoms with Gasteiger partial charge in [0.25, 0.3) is 0 Å². The molecule has 1 aromatic carbocycles. The van der Waals surface area contributed by atoms with Crippen molar-refractivity contribution in [3.8, 4) is 5.69 Å². The number of ether oxygens (including phenoxy) is 1. The monoisotopic (exact) mass is 309 g/mol. The molecule has 5 heteroatoms. The lowest BCUT2D eigenvalue weighted by Crippen LogP contribution is -2.03. The minimum absolute atomic E-state index is 0.185. The zero-order valence-electron chi connectivity index (χ0n) is 13.3. The van der Waals surface area contributed by atoms with Gasteiger partial charge in [-0.15, -0.1) is 0 Å². The first-order valence-corrected chi connectivity index (χ1v) is 7.79. The molecule has 118 valence electrons. The smallest absolute Gasteiger partial charge is 0.305 e. The van der Waals surface area contributed by atoms with E-state index in [4.69, 9.17) is 4.74 Å². The standard InChI is InChI=1S/C18H19N3O2/c1-3-17-20-15-11-19-10-9-16(15)21(17)14-7-5-13(6-8-14)12-23-18(22)4-2/h5-11H,3-4,12H2,1-2H3. The lowest BCUT2D eigenvalue weighted by atomic mass is 10.2. The number of nitrogens with zero attached hydrogens (tertiary/aromatic N) is 3. The van der Waals surface area contributed by atoms with Crippen molar-refractivity contribution in [2.45, 2.75) is 33.3 Å². The van der Waals surface area contributed by atoms with Gasteiger partial charge in [-0.25, -0.2) is 4.98 Å². The maximum atomic E-state index is 11.2. The van der Waals surface area contributed by atoms with Crippen molar-refractivity contribution in [3.63, 3.8) is 0 Å². The van der Waals surface area contributed by atoms with Crippen LogP contribution in [0.2, 0.25) is 0 Å². The Hall–Kier alpha value is -2.69. The first kappa shape index (κ1) is 15.2. The summed E-state index contributed by atoms with van der Waals surface area (Å²) in [6, 6.07) is 9.97. The normalized spacial score (nSPS) is 10.9. The number of imidazole rings is 1. The molecule has 0 aliphatic rings. The lowest BCUT2D eigenvalue weighted by molar-refractivity contribution is -0.144. The average molecular weight is 309 g/mol. The Balaban J connectivity index is 1.92. The Bertz CT molecular complexity index is 822. The van der Waals surface area contributed by atoms with E-state index in [0.29, 0.717) is 13.0 Å². The topological polar surface area (TPSA) is 57.0 Å². The second-order valence-corrected chi connectivity index (χ2v) is 5.26. The van der Waals surface area contributed by atoms with Crippen LogP contribution in [0.3, 0.4) is 0 Å². The zero-order chi connectivity index (χ0) is 16.2. The van der Waals surface area contributed by atoms with Gasteiger partial charge in [0.1, 0.15) is 17.9 Å². The fraction of sp³-hybridized carbons (Fsp3) is 0.278. The molecule has 0 fully saturated rings. The molecule has 0 N–H and O–H groups in total. The van der Waals surface area contributed by atoms with Crippen molar-refractivity contribution in [2.24, 2.45) is 0 Å². The van der Waals surface area contributed by atoms with Crippen LogP contribution in [0.4, 0.5) is 0 Å². The predicted molar refractivity (Wildman–Crippen MR) is 88.3 cm³/mol. The van der Waals surface area contributed by atoms with Gasteiger partial charge in [0.15, 0.2) is 0 Å². The summed E-state index contributed by atoms with van der Waals surface area (Å²) in [5.74, 6) is 0.814. The summed E-state index contributed by atoms with van der Waals surface area (Å²) in [6.45, 7) is 4.18. The molecule has 0 spiro atoms. The first-order chi connectivity index (χ1) is 11.2. The molecule has 0 radical (unpaired) electrons. The van der Waals surface area contributed by atoms with Crippen molar-refractivity contribution in [3.05, 3.63) is 54.1 Å². The van der Waals surface area contributed by atoms with Crippen LogP contribution in [-0.4, -0.2) is 20.5 Å². The molecule has 3 aromatic rings. The Morgan fingerprint density at radius 3 is 2.65 bits per heavy atom. The van der Waals surface area contributed by atoms with Crippen LogP contribution in [0.5, 0.6) is 0 Å². The van der Waals surface area contributed by atoms with Gasteiger partial charge in [0, 0.05) is 24.7 Å². The molecule has 0 bridgehead atoms. The summed E-state index contributed by atoms with van der Waals surface area (Å²) in [5, 5.41) is 0. The van der Waals surface area contributed by atoms with E-state index in [1.165, 1.54) is 0 Å². The first-order valence-electron chi connectivity index (χ1n) is 7.79. The maximum absolute atomic E-state index is 11.2. The highest BCUT2D eigenvalue weighted by atomic mass is 16.5. The van der Waals surface area contributed by atoms with E-state index in [0.717, 1.165) is 34.5 Å². The third kappa shape index (κ3) is 3.08. The summed E-state index contributed by atoms with van der Waals surface area (Å²) in [5.41, 5.74) is 3.95. The number of aryl methyl sites for hydroxylation is 1. The fourth-order valence-corrected chi connectivity index (χ4v) is 2.51. The summed E-state index contributed by atoms with van der Waals surface area (Å²) in [6.07, 6.45) is 4.79. The molecule has 23 heavy (non-hydrogen) atoms. The molecule has 0 amide bonds. The summed E-state index contributed by atoms with van der Waals surface area (Å²) >= 11 is 0. The Morgan fingerprint density at radius 2 is 1.96 bits per heavy atom. The second kappa shape index (κ2) is 6.60. The minimum atomic E-state index is -0.185. The van der Waals surface area contributed by atoms with Crippen LogP contribution in [-0.2, 0) is 22.6 Å². The van der Waals surface area contributed by atoms with Crippen LogP contribution < -0.4 is 0 Å². The minimum Gasteiger partial charge on any atom is -0.461 e. The van der Waals surface area contributed by atoms with Crippen molar-refractivity contribution >= 4 is 17.0 Å². The molecule has 3 rings (SSSR count). The lowest BCUT2D eigenvalue weighted by Gasteiger charge is -2.09. The van der Waals surface area contributed by atoms with Gasteiger partial charge < -0.3 is 4.74 Å². The van der Waals surface area contributed by atoms with Crippen LogP contribution in [0.25, 0.3) is 16.7 Å². The molecule has 0 unspecified atom stereocenters. The Morgan fingerprint density at radius 1 is 1.17 bits per heavy atom. The highest BCUT2D eigenvalue weighted by molar-refractivity contribution is 5.77. The van der Waals surface area contributed by atoms with Gasteiger partial charge in [0.05, 0.1) is 11.7 Å². The number of carbonyl (C=O) groups is 1. The molecule has 0 atom stereocenters. The Kier molecular flexibility index (Phi) is 4.37. The summed E-state index contributed by atoms with van der Waals surface area (Å²) in [7, 11) is 0. The number of pyridine rings is 1. The number of hydrogen-bond donors (Lipinski definition) is 0. The molecule has 2 aromatic heterocycles. The van der Waals surface area contributed by atoms with E-state index in [1.807, 2.05) is 30.3 Å². The van der Waals surface area contributed by atoms with E-state index in [1.54, 1.807) is 19.3 Å². The quantitative estimate of drug-likeness (QED) is 0.677. The van der Waals surface area contributed by atoms with Crippen molar-refractivity contribution < 1.29 is 9.53 Å². The van der Waals surface area contributed by atoms with Crippen molar-refractivity contribution in [2.75, 3.05) is 0 Å². The molecule has 0 saturated heterocycles. The zero-order valence-corrected chi connectivity index (χ0v) is 13.3. The molecule has 0 aliphatic carbocycles. The highest BCUT2D eigenvalue weighted by Crippen LogP contribution is 2.21. The van der Waals surface area contributed by atoms with Gasteiger partial charge in [-0.05, 0) is 23.8 Å². The third-order valence-electron chi connectivity index (χ3n) is 3.73. The van der Waals surface area contributed by atoms with Gasteiger partial charge in [-0.3, -0.25) is 14.3 Å². The third-order valence-corrected chi connectivity index (χ3v) is 3.73. The van der Waals surface area contributed by atoms with Gasteiger partial charge in [-0.2, -0.15) is 0 Å².